The Hall–Kier alpha value is -8.18. The quantitative estimate of drug-likeness (QED) is 0.107. The third kappa shape index (κ3) is 5.27. The molecule has 13 rings (SSSR count). The number of hydrogen-bond donors (Lipinski definition) is 0. The highest BCUT2D eigenvalue weighted by molar-refractivity contribution is 7.20. The maximum atomic E-state index is 9.44. The second-order valence-electron chi connectivity index (χ2n) is 16.4. The average molecular weight is 838 g/mol. The Morgan fingerprint density at radius 2 is 0.812 bits per heavy atom. The van der Waals surface area contributed by atoms with Crippen molar-refractivity contribution in [2.24, 2.45) is 0 Å². The summed E-state index contributed by atoms with van der Waals surface area (Å²) in [5.74, 6) is 0. The number of aromatic nitrogens is 3. The van der Waals surface area contributed by atoms with Gasteiger partial charge < -0.3 is 13.7 Å². The van der Waals surface area contributed by atoms with E-state index in [1.165, 1.54) is 20.7 Å². The Kier molecular flexibility index (Phi) is 6.95. The van der Waals surface area contributed by atoms with Crippen molar-refractivity contribution in [2.75, 3.05) is 0 Å². The van der Waals surface area contributed by atoms with E-state index in [0.29, 0.717) is 44.2 Å². The summed E-state index contributed by atoms with van der Waals surface area (Å²) in [5.41, 5.74) is 7.78. The molecule has 3 heterocycles. The summed E-state index contributed by atoms with van der Waals surface area (Å²) in [6.07, 6.45) is 0. The zero-order valence-corrected chi connectivity index (χ0v) is 35.5. The third-order valence-corrected chi connectivity index (χ3v) is 17.9. The first-order valence-electron chi connectivity index (χ1n) is 24.6. The van der Waals surface area contributed by atoms with Gasteiger partial charge in [0.25, 0.3) is 0 Å². The van der Waals surface area contributed by atoms with Gasteiger partial charge in [-0.05, 0) is 92.9 Å². The van der Waals surface area contributed by atoms with Crippen LogP contribution in [0.1, 0.15) is 8.22 Å². The lowest BCUT2D eigenvalue weighted by Crippen LogP contribution is -2.74. The van der Waals surface area contributed by atoms with Crippen molar-refractivity contribution < 1.29 is 8.22 Å². The molecule has 0 saturated carbocycles. The maximum absolute atomic E-state index is 9.44. The summed E-state index contributed by atoms with van der Waals surface area (Å²) in [6, 6.07) is 73.3. The van der Waals surface area contributed by atoms with E-state index in [0.717, 1.165) is 38.6 Å². The standard InChI is InChI=1S/C60H41N3Si/c1-5-21-43(22-6-1)61-54-34-18-36-56-59(54)60-55(61)35-19-37-57(60)62(56)44-23-17-20-42(40-44)49-30-13-15-32-52(49)63-53-33-16-14-31-50(53)51-39-38-48(41-58(51)63)64(45-24-7-2-8-25-45,46-26-9-3-10-27-46)47-28-11-4-12-29-47/h1-41H/i18D,19D,34D,35D,36D,37D. The molecule has 4 heteroatoms. The zero-order valence-electron chi connectivity index (χ0n) is 40.5. The van der Waals surface area contributed by atoms with E-state index in [-0.39, 0.29) is 36.3 Å². The third-order valence-electron chi connectivity index (χ3n) is 13.1. The fourth-order valence-corrected chi connectivity index (χ4v) is 15.3. The smallest absolute Gasteiger partial charge is 0.179 e. The van der Waals surface area contributed by atoms with E-state index in [9.17, 15) is 5.48 Å². The predicted octanol–water partition coefficient (Wildman–Crippen LogP) is 12.3. The molecule has 0 N–H and O–H groups in total. The molecular weight excluding hydrogens is 791 g/mol. The fourth-order valence-electron chi connectivity index (χ4n) is 10.5. The van der Waals surface area contributed by atoms with E-state index < -0.39 is 8.07 Å². The van der Waals surface area contributed by atoms with Gasteiger partial charge in [-0.25, -0.2) is 0 Å². The van der Waals surface area contributed by atoms with Crippen LogP contribution >= 0.6 is 0 Å². The van der Waals surface area contributed by atoms with Crippen LogP contribution in [0.4, 0.5) is 0 Å². The van der Waals surface area contributed by atoms with Crippen LogP contribution in [-0.4, -0.2) is 21.8 Å². The largest absolute Gasteiger partial charge is 0.309 e. The van der Waals surface area contributed by atoms with Crippen LogP contribution in [0.5, 0.6) is 0 Å². The monoisotopic (exact) mass is 837 g/mol. The molecule has 0 spiro atoms. The van der Waals surface area contributed by atoms with Crippen molar-refractivity contribution in [3.8, 4) is 28.2 Å². The first kappa shape index (κ1) is 30.8. The Morgan fingerprint density at radius 3 is 1.42 bits per heavy atom. The van der Waals surface area contributed by atoms with Gasteiger partial charge in [0.2, 0.25) is 0 Å². The minimum absolute atomic E-state index is 0.137. The molecular formula is C60H41N3Si. The number of nitrogens with zero attached hydrogens (tertiary/aromatic N) is 3. The van der Waals surface area contributed by atoms with Crippen LogP contribution in [0.25, 0.3) is 82.8 Å². The van der Waals surface area contributed by atoms with Crippen molar-refractivity contribution in [3.05, 3.63) is 249 Å². The van der Waals surface area contributed by atoms with Crippen LogP contribution in [0.3, 0.4) is 0 Å². The first-order chi connectivity index (χ1) is 34.3. The lowest BCUT2D eigenvalue weighted by molar-refractivity contribution is 1.15. The van der Waals surface area contributed by atoms with Gasteiger partial charge in [-0.3, -0.25) is 0 Å². The number of rotatable bonds is 8. The number of para-hydroxylation sites is 3. The number of fused-ring (bicyclic) bond motifs is 3. The van der Waals surface area contributed by atoms with Gasteiger partial charge in [-0.2, -0.15) is 0 Å². The molecule has 0 aliphatic carbocycles. The first-order valence-corrected chi connectivity index (χ1v) is 23.6. The highest BCUT2D eigenvalue weighted by Crippen LogP contribution is 2.43. The van der Waals surface area contributed by atoms with Crippen LogP contribution in [0, 0.1) is 0 Å². The van der Waals surface area contributed by atoms with E-state index in [1.807, 2.05) is 53.1 Å². The maximum Gasteiger partial charge on any atom is 0.179 e. The van der Waals surface area contributed by atoms with Crippen molar-refractivity contribution in [1.29, 1.82) is 0 Å². The van der Waals surface area contributed by atoms with E-state index in [4.69, 9.17) is 2.74 Å². The fraction of sp³-hybridized carbons (Fsp3) is 0. The minimum Gasteiger partial charge on any atom is -0.309 e. The lowest BCUT2D eigenvalue weighted by Gasteiger charge is -2.34. The Labute approximate surface area is 380 Å². The molecule has 300 valence electrons. The summed E-state index contributed by atoms with van der Waals surface area (Å²) in [7, 11) is -2.90. The topological polar surface area (TPSA) is 14.8 Å². The van der Waals surface area contributed by atoms with Gasteiger partial charge in [0.15, 0.2) is 8.07 Å². The Morgan fingerprint density at radius 1 is 0.328 bits per heavy atom. The molecule has 0 radical (unpaired) electrons. The van der Waals surface area contributed by atoms with Crippen LogP contribution in [-0.2, 0) is 0 Å². The van der Waals surface area contributed by atoms with Gasteiger partial charge in [-0.1, -0.05) is 182 Å². The zero-order chi connectivity index (χ0) is 47.4. The van der Waals surface area contributed by atoms with E-state index in [2.05, 4.69) is 168 Å². The summed E-state index contributed by atoms with van der Waals surface area (Å²) >= 11 is 0. The van der Waals surface area contributed by atoms with Crippen LogP contribution < -0.4 is 20.7 Å². The van der Waals surface area contributed by atoms with Gasteiger partial charge >= 0.3 is 0 Å². The van der Waals surface area contributed by atoms with Crippen molar-refractivity contribution in [1.82, 2.24) is 13.7 Å². The van der Waals surface area contributed by atoms with Crippen LogP contribution in [0.15, 0.2) is 249 Å². The molecule has 0 fully saturated rings. The summed E-state index contributed by atoms with van der Waals surface area (Å²) in [6.45, 7) is 0. The number of hydrogen-bond acceptors (Lipinski definition) is 0. The molecule has 0 bridgehead atoms. The molecule has 0 saturated heterocycles. The van der Waals surface area contributed by atoms with Gasteiger partial charge in [0.05, 0.1) is 47.0 Å². The predicted molar refractivity (Wildman–Crippen MR) is 272 cm³/mol. The normalized spacial score (nSPS) is 13.4. The minimum atomic E-state index is -2.90. The highest BCUT2D eigenvalue weighted by atomic mass is 28.3. The van der Waals surface area contributed by atoms with Crippen molar-refractivity contribution >= 4 is 83.5 Å². The Balaban J connectivity index is 1.07. The molecule has 0 aliphatic rings. The molecule has 64 heavy (non-hydrogen) atoms. The van der Waals surface area contributed by atoms with Crippen molar-refractivity contribution in [2.45, 2.75) is 0 Å². The van der Waals surface area contributed by atoms with Gasteiger partial charge in [-0.15, -0.1) is 0 Å². The molecule has 0 amide bonds. The van der Waals surface area contributed by atoms with E-state index in [1.54, 1.807) is 4.57 Å². The molecule has 3 aromatic heterocycles. The second kappa shape index (κ2) is 14.5. The van der Waals surface area contributed by atoms with Crippen molar-refractivity contribution in [3.63, 3.8) is 0 Å². The van der Waals surface area contributed by atoms with E-state index >= 15 is 0 Å². The molecule has 0 aliphatic heterocycles. The second-order valence-corrected chi connectivity index (χ2v) is 20.2. The highest BCUT2D eigenvalue weighted by Gasteiger charge is 2.41. The average Bonchev–Trinajstić information content (AvgIpc) is 4.07. The molecule has 0 atom stereocenters. The Bertz CT molecular complexity index is 4010. The SMILES string of the molecule is [2H]c1c([2H])c2c3c4c(c([2H])c([2H])c([2H])c4n(-c4cccc(-c5ccccc5-n5c6ccccc6c6ccc([Si](c7ccccc7)(c7ccccc7)c7ccccc7)cc65)c4)c3c1[2H])n2-c1ccccc1. The summed E-state index contributed by atoms with van der Waals surface area (Å²) in [4.78, 5) is 0. The summed E-state index contributed by atoms with van der Waals surface area (Å²) < 4.78 is 61.6. The van der Waals surface area contributed by atoms with Gasteiger partial charge in [0, 0.05) is 38.5 Å². The number of benzene rings is 10. The molecule has 3 nitrogen and oxygen atoms in total. The summed E-state index contributed by atoms with van der Waals surface area (Å²) in [5, 5.41) is 8.50. The van der Waals surface area contributed by atoms with Gasteiger partial charge in [0.1, 0.15) is 0 Å². The molecule has 13 aromatic rings. The molecule has 0 unspecified atom stereocenters. The molecule has 10 aromatic carbocycles. The lowest BCUT2D eigenvalue weighted by atomic mass is 10.0. The van der Waals surface area contributed by atoms with Crippen LogP contribution in [0.2, 0.25) is 0 Å².